The molecule has 0 heterocycles. The molecular formula is C14H13BrFNO. The van der Waals surface area contributed by atoms with Gasteiger partial charge in [-0.15, -0.1) is 0 Å². The number of halogens is 2. The van der Waals surface area contributed by atoms with Gasteiger partial charge in [-0.2, -0.15) is 0 Å². The summed E-state index contributed by atoms with van der Waals surface area (Å²) in [5, 5.41) is 12.3. The SMILES string of the molecule is CC(Nc1ccc(O)c(F)c1)c1ccccc1Br. The largest absolute Gasteiger partial charge is 0.505 e. The third-order valence-electron chi connectivity index (χ3n) is 2.70. The average Bonchev–Trinajstić information content (AvgIpc) is 2.34. The monoisotopic (exact) mass is 309 g/mol. The van der Waals surface area contributed by atoms with Gasteiger partial charge in [0.25, 0.3) is 0 Å². The Morgan fingerprint density at radius 1 is 1.22 bits per heavy atom. The quantitative estimate of drug-likeness (QED) is 0.820. The maximum atomic E-state index is 13.2. The predicted molar refractivity (Wildman–Crippen MR) is 74.2 cm³/mol. The van der Waals surface area contributed by atoms with Gasteiger partial charge in [0.1, 0.15) is 0 Å². The van der Waals surface area contributed by atoms with E-state index in [1.807, 2.05) is 31.2 Å². The fraction of sp³-hybridized carbons (Fsp3) is 0.143. The standard InChI is InChI=1S/C14H13BrFNO/c1-9(11-4-2-3-5-12(11)15)17-10-6-7-14(18)13(16)8-10/h2-9,17-18H,1H3. The van der Waals surface area contributed by atoms with Crippen LogP contribution in [0.1, 0.15) is 18.5 Å². The molecule has 2 aromatic rings. The molecule has 2 aromatic carbocycles. The first-order chi connectivity index (χ1) is 8.58. The zero-order chi connectivity index (χ0) is 13.1. The fourth-order valence-corrected chi connectivity index (χ4v) is 2.38. The second-order valence-electron chi connectivity index (χ2n) is 4.05. The van der Waals surface area contributed by atoms with Gasteiger partial charge in [0.15, 0.2) is 11.6 Å². The Bertz CT molecular complexity index is 559. The molecule has 0 saturated heterocycles. The number of hydrogen-bond acceptors (Lipinski definition) is 2. The summed E-state index contributed by atoms with van der Waals surface area (Å²) < 4.78 is 14.2. The van der Waals surface area contributed by atoms with Crippen LogP contribution in [0, 0.1) is 5.82 Å². The van der Waals surface area contributed by atoms with Gasteiger partial charge in [-0.05, 0) is 30.7 Å². The summed E-state index contributed by atoms with van der Waals surface area (Å²) in [7, 11) is 0. The van der Waals surface area contributed by atoms with Crippen LogP contribution < -0.4 is 5.32 Å². The lowest BCUT2D eigenvalue weighted by atomic mass is 10.1. The lowest BCUT2D eigenvalue weighted by Crippen LogP contribution is -2.07. The van der Waals surface area contributed by atoms with Crippen molar-refractivity contribution in [2.75, 3.05) is 5.32 Å². The molecule has 0 fully saturated rings. The van der Waals surface area contributed by atoms with Gasteiger partial charge in [0, 0.05) is 22.3 Å². The minimum Gasteiger partial charge on any atom is -0.505 e. The molecule has 0 aliphatic carbocycles. The summed E-state index contributed by atoms with van der Waals surface area (Å²) in [6, 6.07) is 12.2. The Kier molecular flexibility index (Phi) is 3.87. The van der Waals surface area contributed by atoms with E-state index in [2.05, 4.69) is 21.2 Å². The van der Waals surface area contributed by atoms with Gasteiger partial charge in [-0.3, -0.25) is 0 Å². The van der Waals surface area contributed by atoms with Gasteiger partial charge in [0.2, 0.25) is 0 Å². The van der Waals surface area contributed by atoms with Crippen molar-refractivity contribution in [1.82, 2.24) is 0 Å². The van der Waals surface area contributed by atoms with Crippen molar-refractivity contribution in [3.8, 4) is 5.75 Å². The minimum absolute atomic E-state index is 0.0320. The van der Waals surface area contributed by atoms with Crippen LogP contribution >= 0.6 is 15.9 Å². The van der Waals surface area contributed by atoms with Crippen molar-refractivity contribution in [3.63, 3.8) is 0 Å². The van der Waals surface area contributed by atoms with Gasteiger partial charge in [-0.1, -0.05) is 34.1 Å². The highest BCUT2D eigenvalue weighted by molar-refractivity contribution is 9.10. The third kappa shape index (κ3) is 2.82. The zero-order valence-corrected chi connectivity index (χ0v) is 11.4. The molecular weight excluding hydrogens is 297 g/mol. The highest BCUT2D eigenvalue weighted by Gasteiger charge is 2.09. The summed E-state index contributed by atoms with van der Waals surface area (Å²) in [5.41, 5.74) is 1.72. The Balaban J connectivity index is 2.19. The Morgan fingerprint density at radius 2 is 1.94 bits per heavy atom. The van der Waals surface area contributed by atoms with Crippen molar-refractivity contribution in [1.29, 1.82) is 0 Å². The highest BCUT2D eigenvalue weighted by atomic mass is 79.9. The van der Waals surface area contributed by atoms with Crippen LogP contribution in [0.2, 0.25) is 0 Å². The molecule has 0 radical (unpaired) electrons. The summed E-state index contributed by atoms with van der Waals surface area (Å²) in [6.07, 6.45) is 0. The van der Waals surface area contributed by atoms with Gasteiger partial charge < -0.3 is 10.4 Å². The van der Waals surface area contributed by atoms with Crippen LogP contribution in [0.4, 0.5) is 10.1 Å². The van der Waals surface area contributed by atoms with Crippen LogP contribution in [0.5, 0.6) is 5.75 Å². The van der Waals surface area contributed by atoms with Gasteiger partial charge in [-0.25, -0.2) is 4.39 Å². The van der Waals surface area contributed by atoms with E-state index in [1.165, 1.54) is 12.1 Å². The molecule has 2 rings (SSSR count). The van der Waals surface area contributed by atoms with E-state index in [4.69, 9.17) is 5.11 Å². The number of phenolic OH excluding ortho intramolecular Hbond substituents is 1. The molecule has 1 atom stereocenters. The molecule has 2 nitrogen and oxygen atoms in total. The van der Waals surface area contributed by atoms with E-state index in [-0.39, 0.29) is 11.8 Å². The number of nitrogens with one attached hydrogen (secondary N) is 1. The maximum absolute atomic E-state index is 13.2. The molecule has 18 heavy (non-hydrogen) atoms. The molecule has 0 amide bonds. The van der Waals surface area contributed by atoms with Crippen molar-refractivity contribution < 1.29 is 9.50 Å². The van der Waals surface area contributed by atoms with Crippen LogP contribution in [-0.2, 0) is 0 Å². The number of hydrogen-bond donors (Lipinski definition) is 2. The summed E-state index contributed by atoms with van der Waals surface area (Å²) >= 11 is 3.48. The summed E-state index contributed by atoms with van der Waals surface area (Å²) in [5.74, 6) is -0.964. The molecule has 0 aromatic heterocycles. The van der Waals surface area contributed by atoms with E-state index in [0.717, 1.165) is 10.0 Å². The minimum atomic E-state index is -0.626. The first-order valence-corrected chi connectivity index (χ1v) is 6.36. The van der Waals surface area contributed by atoms with Crippen LogP contribution in [0.15, 0.2) is 46.9 Å². The Labute approximate surface area is 114 Å². The molecule has 1 unspecified atom stereocenters. The Morgan fingerprint density at radius 3 is 2.61 bits per heavy atom. The number of anilines is 1. The lowest BCUT2D eigenvalue weighted by molar-refractivity contribution is 0.432. The highest BCUT2D eigenvalue weighted by Crippen LogP contribution is 2.27. The fourth-order valence-electron chi connectivity index (χ4n) is 1.75. The zero-order valence-electron chi connectivity index (χ0n) is 9.82. The molecule has 0 aliphatic rings. The van der Waals surface area contributed by atoms with Gasteiger partial charge >= 0.3 is 0 Å². The first-order valence-electron chi connectivity index (χ1n) is 5.57. The Hall–Kier alpha value is -1.55. The van der Waals surface area contributed by atoms with Crippen molar-refractivity contribution >= 4 is 21.6 Å². The molecule has 94 valence electrons. The number of phenols is 1. The topological polar surface area (TPSA) is 32.3 Å². The first kappa shape index (κ1) is 12.9. The van der Waals surface area contributed by atoms with E-state index < -0.39 is 5.82 Å². The molecule has 2 N–H and O–H groups in total. The predicted octanol–water partition coefficient (Wildman–Crippen LogP) is 4.47. The molecule has 0 aliphatic heterocycles. The molecule has 0 spiro atoms. The van der Waals surface area contributed by atoms with Crippen molar-refractivity contribution in [2.24, 2.45) is 0 Å². The van der Waals surface area contributed by atoms with Crippen LogP contribution in [-0.4, -0.2) is 5.11 Å². The summed E-state index contributed by atoms with van der Waals surface area (Å²) in [6.45, 7) is 1.99. The molecule has 4 heteroatoms. The third-order valence-corrected chi connectivity index (χ3v) is 3.42. The van der Waals surface area contributed by atoms with E-state index in [0.29, 0.717) is 5.69 Å². The number of rotatable bonds is 3. The summed E-state index contributed by atoms with van der Waals surface area (Å²) in [4.78, 5) is 0. The van der Waals surface area contributed by atoms with E-state index in [9.17, 15) is 4.39 Å². The normalized spacial score (nSPS) is 12.2. The van der Waals surface area contributed by atoms with Crippen molar-refractivity contribution in [2.45, 2.75) is 13.0 Å². The van der Waals surface area contributed by atoms with E-state index >= 15 is 0 Å². The van der Waals surface area contributed by atoms with Crippen LogP contribution in [0.25, 0.3) is 0 Å². The molecule has 0 bridgehead atoms. The lowest BCUT2D eigenvalue weighted by Gasteiger charge is -2.17. The second-order valence-corrected chi connectivity index (χ2v) is 4.91. The average molecular weight is 310 g/mol. The van der Waals surface area contributed by atoms with Crippen molar-refractivity contribution in [3.05, 3.63) is 58.3 Å². The number of benzene rings is 2. The second kappa shape index (κ2) is 5.40. The molecule has 0 saturated carbocycles. The number of aromatic hydroxyl groups is 1. The maximum Gasteiger partial charge on any atom is 0.166 e. The van der Waals surface area contributed by atoms with E-state index in [1.54, 1.807) is 6.07 Å². The van der Waals surface area contributed by atoms with Crippen LogP contribution in [0.3, 0.4) is 0 Å². The smallest absolute Gasteiger partial charge is 0.166 e. The van der Waals surface area contributed by atoms with Gasteiger partial charge in [0.05, 0.1) is 0 Å².